The molecule has 0 unspecified atom stereocenters. The number of hydrogen-bond donors (Lipinski definition) is 1. The summed E-state index contributed by atoms with van der Waals surface area (Å²) in [5, 5.41) is 10.2. The number of carbonyl (C=O) groups is 1. The van der Waals surface area contributed by atoms with Crippen LogP contribution < -0.4 is 5.32 Å². The zero-order valence-electron chi connectivity index (χ0n) is 11.8. The van der Waals surface area contributed by atoms with Crippen LogP contribution in [0.3, 0.4) is 0 Å². The van der Waals surface area contributed by atoms with Gasteiger partial charge in [-0.1, -0.05) is 20.3 Å². The van der Waals surface area contributed by atoms with Crippen molar-refractivity contribution in [2.45, 2.75) is 32.5 Å². The van der Waals surface area contributed by atoms with Gasteiger partial charge in [-0.05, 0) is 18.1 Å². The highest BCUT2D eigenvalue weighted by atomic mass is 19.4. The van der Waals surface area contributed by atoms with Gasteiger partial charge in [0.1, 0.15) is 23.2 Å². The molecular weight excluding hydrogens is 307 g/mol. The van der Waals surface area contributed by atoms with Crippen molar-refractivity contribution in [2.24, 2.45) is 5.92 Å². The maximum absolute atomic E-state index is 13.6. The van der Waals surface area contributed by atoms with Gasteiger partial charge in [-0.3, -0.25) is 4.79 Å². The average Bonchev–Trinajstić information content (AvgIpc) is 2.41. The van der Waals surface area contributed by atoms with E-state index in [9.17, 15) is 26.7 Å². The maximum atomic E-state index is 13.6. The number of halogens is 5. The first-order valence-electron chi connectivity index (χ1n) is 6.38. The lowest BCUT2D eigenvalue weighted by molar-refractivity contribution is -0.164. The highest BCUT2D eigenvalue weighted by Crippen LogP contribution is 2.28. The number of nitrogens with one attached hydrogen (secondary N) is 1. The Morgan fingerprint density at radius 1 is 1.32 bits per heavy atom. The van der Waals surface area contributed by atoms with Crippen LogP contribution in [-0.4, -0.2) is 18.1 Å². The summed E-state index contributed by atoms with van der Waals surface area (Å²) in [6.45, 7) is 2.77. The normalized spacial score (nSPS) is 14.1. The second-order valence-electron chi connectivity index (χ2n) is 4.80. The van der Waals surface area contributed by atoms with Gasteiger partial charge in [-0.15, -0.1) is 0 Å². The Bertz CT molecular complexity index is 583. The molecule has 0 fully saturated rings. The summed E-state index contributed by atoms with van der Waals surface area (Å²) in [6.07, 6.45) is -4.63. The number of nitrogens with zero attached hydrogens (tertiary/aromatic N) is 1. The van der Waals surface area contributed by atoms with Crippen molar-refractivity contribution in [3.63, 3.8) is 0 Å². The van der Waals surface area contributed by atoms with Crippen molar-refractivity contribution in [1.82, 2.24) is 5.32 Å². The fourth-order valence-electron chi connectivity index (χ4n) is 1.85. The van der Waals surface area contributed by atoms with E-state index in [2.05, 4.69) is 0 Å². The number of nitriles is 1. The van der Waals surface area contributed by atoms with E-state index >= 15 is 0 Å². The van der Waals surface area contributed by atoms with E-state index in [0.29, 0.717) is 12.1 Å². The van der Waals surface area contributed by atoms with Crippen LogP contribution in [0.5, 0.6) is 0 Å². The first kappa shape index (κ1) is 17.9. The lowest BCUT2D eigenvalue weighted by Gasteiger charge is -2.26. The van der Waals surface area contributed by atoms with Gasteiger partial charge in [0.05, 0.1) is 11.6 Å². The molecule has 1 aromatic rings. The standard InChI is InChI=1S/C14H13F5N2O/c1-3-7(2)12(14(17,18)19)21-13(22)11-9(15)4-8(6-20)5-10(11)16/h4-5,7,12H,3H2,1-2H3,(H,21,22)/t7-,12+/m0/s1. The van der Waals surface area contributed by atoms with Crippen LogP contribution in [0.25, 0.3) is 0 Å². The minimum Gasteiger partial charge on any atom is -0.340 e. The highest BCUT2D eigenvalue weighted by Gasteiger charge is 2.44. The SMILES string of the molecule is CC[C@H](C)[C@@H](NC(=O)c1c(F)cc(C#N)cc1F)C(F)(F)F. The van der Waals surface area contributed by atoms with E-state index in [-0.39, 0.29) is 12.0 Å². The van der Waals surface area contributed by atoms with Gasteiger partial charge < -0.3 is 5.32 Å². The van der Waals surface area contributed by atoms with Gasteiger partial charge in [-0.2, -0.15) is 18.4 Å². The van der Waals surface area contributed by atoms with Crippen LogP contribution in [0, 0.1) is 28.9 Å². The van der Waals surface area contributed by atoms with Crippen LogP contribution in [0.4, 0.5) is 22.0 Å². The molecule has 2 atom stereocenters. The summed E-state index contributed by atoms with van der Waals surface area (Å²) < 4.78 is 66.0. The predicted octanol–water partition coefficient (Wildman–Crippen LogP) is 3.54. The first-order chi connectivity index (χ1) is 10.1. The summed E-state index contributed by atoms with van der Waals surface area (Å²) in [7, 11) is 0. The van der Waals surface area contributed by atoms with Crippen molar-refractivity contribution in [3.05, 3.63) is 34.9 Å². The van der Waals surface area contributed by atoms with Crippen molar-refractivity contribution in [1.29, 1.82) is 5.26 Å². The van der Waals surface area contributed by atoms with Crippen LogP contribution in [0.2, 0.25) is 0 Å². The Balaban J connectivity index is 3.14. The molecule has 0 aliphatic heterocycles. The quantitative estimate of drug-likeness (QED) is 0.863. The van der Waals surface area contributed by atoms with Crippen molar-refractivity contribution < 1.29 is 26.7 Å². The zero-order chi connectivity index (χ0) is 17.1. The van der Waals surface area contributed by atoms with Gasteiger partial charge in [0.2, 0.25) is 0 Å². The molecule has 1 N–H and O–H groups in total. The van der Waals surface area contributed by atoms with Crippen molar-refractivity contribution >= 4 is 5.91 Å². The highest BCUT2D eigenvalue weighted by molar-refractivity contribution is 5.95. The van der Waals surface area contributed by atoms with Gasteiger partial charge in [-0.25, -0.2) is 8.78 Å². The average molecular weight is 320 g/mol. The number of hydrogen-bond acceptors (Lipinski definition) is 2. The molecule has 120 valence electrons. The monoisotopic (exact) mass is 320 g/mol. The number of alkyl halides is 3. The molecule has 8 heteroatoms. The molecular formula is C14H13F5N2O. The third-order valence-corrected chi connectivity index (χ3v) is 3.25. The molecule has 1 amide bonds. The van der Waals surface area contributed by atoms with E-state index in [1.165, 1.54) is 19.9 Å². The summed E-state index contributed by atoms with van der Waals surface area (Å²) >= 11 is 0. The molecule has 3 nitrogen and oxygen atoms in total. The summed E-state index contributed by atoms with van der Waals surface area (Å²) in [5.74, 6) is -5.26. The van der Waals surface area contributed by atoms with Crippen LogP contribution in [0.1, 0.15) is 36.2 Å². The van der Waals surface area contributed by atoms with E-state index < -0.39 is 41.2 Å². The Morgan fingerprint density at radius 2 is 1.82 bits per heavy atom. The molecule has 1 rings (SSSR count). The topological polar surface area (TPSA) is 52.9 Å². The molecule has 0 saturated heterocycles. The maximum Gasteiger partial charge on any atom is 0.408 e. The van der Waals surface area contributed by atoms with Crippen molar-refractivity contribution in [2.75, 3.05) is 0 Å². The molecule has 1 aromatic carbocycles. The molecule has 0 saturated carbocycles. The Hall–Kier alpha value is -2.17. The van der Waals surface area contributed by atoms with Gasteiger partial charge >= 0.3 is 6.18 Å². The second kappa shape index (κ2) is 6.73. The molecule has 0 aliphatic rings. The van der Waals surface area contributed by atoms with Crippen LogP contribution >= 0.6 is 0 Å². The first-order valence-corrected chi connectivity index (χ1v) is 6.38. The van der Waals surface area contributed by atoms with Crippen LogP contribution in [-0.2, 0) is 0 Å². The fourth-order valence-corrected chi connectivity index (χ4v) is 1.85. The molecule has 0 radical (unpaired) electrons. The third-order valence-electron chi connectivity index (χ3n) is 3.25. The molecule has 0 bridgehead atoms. The lowest BCUT2D eigenvalue weighted by Crippen LogP contribution is -2.49. The third kappa shape index (κ3) is 3.93. The van der Waals surface area contributed by atoms with Crippen molar-refractivity contribution in [3.8, 4) is 6.07 Å². The molecule has 22 heavy (non-hydrogen) atoms. The number of rotatable bonds is 4. The Morgan fingerprint density at radius 3 is 2.18 bits per heavy atom. The molecule has 0 spiro atoms. The lowest BCUT2D eigenvalue weighted by atomic mass is 9.98. The summed E-state index contributed by atoms with van der Waals surface area (Å²) in [4.78, 5) is 11.8. The van der Waals surface area contributed by atoms with Gasteiger partial charge in [0, 0.05) is 0 Å². The minimum atomic E-state index is -4.75. The summed E-state index contributed by atoms with van der Waals surface area (Å²) in [5.41, 5.74) is -1.52. The van der Waals surface area contributed by atoms with Gasteiger partial charge in [0.25, 0.3) is 5.91 Å². The number of carbonyl (C=O) groups excluding carboxylic acids is 1. The zero-order valence-corrected chi connectivity index (χ0v) is 11.8. The minimum absolute atomic E-state index is 0.114. The summed E-state index contributed by atoms with van der Waals surface area (Å²) in [6, 6.07) is 0.427. The molecule has 0 heterocycles. The second-order valence-corrected chi connectivity index (χ2v) is 4.80. The largest absolute Gasteiger partial charge is 0.408 e. The van der Waals surface area contributed by atoms with E-state index in [4.69, 9.17) is 5.26 Å². The number of amides is 1. The Labute approximate surface area is 123 Å². The van der Waals surface area contributed by atoms with Gasteiger partial charge in [0.15, 0.2) is 0 Å². The Kier molecular flexibility index (Phi) is 5.47. The fraction of sp³-hybridized carbons (Fsp3) is 0.429. The van der Waals surface area contributed by atoms with Crippen LogP contribution in [0.15, 0.2) is 12.1 Å². The predicted molar refractivity (Wildman–Crippen MR) is 67.8 cm³/mol. The van der Waals surface area contributed by atoms with E-state index in [1.807, 2.05) is 0 Å². The molecule has 0 aliphatic carbocycles. The van der Waals surface area contributed by atoms with E-state index in [0.717, 1.165) is 0 Å². The number of benzene rings is 1. The smallest absolute Gasteiger partial charge is 0.340 e. The van der Waals surface area contributed by atoms with E-state index in [1.54, 1.807) is 5.32 Å². The molecule has 0 aromatic heterocycles.